The number of nitrogens with two attached hydrogens (primary N) is 1. The van der Waals surface area contributed by atoms with Crippen LogP contribution in [0.1, 0.15) is 41.9 Å². The van der Waals surface area contributed by atoms with E-state index in [1.165, 1.54) is 41.9 Å². The van der Waals surface area contributed by atoms with Crippen molar-refractivity contribution in [3.63, 3.8) is 0 Å². The maximum Gasteiger partial charge on any atom is 0.159 e. The van der Waals surface area contributed by atoms with E-state index in [0.717, 1.165) is 42.8 Å². The van der Waals surface area contributed by atoms with E-state index in [-0.39, 0.29) is 5.54 Å². The van der Waals surface area contributed by atoms with Gasteiger partial charge < -0.3 is 10.6 Å². The summed E-state index contributed by atoms with van der Waals surface area (Å²) in [6.45, 7) is 7.21. The van der Waals surface area contributed by atoms with Crippen LogP contribution in [-0.2, 0) is 26.6 Å². The van der Waals surface area contributed by atoms with Crippen LogP contribution in [0.2, 0.25) is 0 Å². The molecule has 3 aromatic heterocycles. The van der Waals surface area contributed by atoms with Gasteiger partial charge in [-0.15, -0.1) is 0 Å². The Labute approximate surface area is 164 Å². The molecule has 0 unspecified atom stereocenters. The molecule has 3 aromatic rings. The number of rotatable bonds is 3. The van der Waals surface area contributed by atoms with Crippen molar-refractivity contribution in [2.45, 2.75) is 58.2 Å². The Morgan fingerprint density at radius 2 is 2.00 bits per heavy atom. The molecule has 0 radical (unpaired) electrons. The first-order valence-corrected chi connectivity index (χ1v) is 10.2. The summed E-state index contributed by atoms with van der Waals surface area (Å²) in [5.41, 5.74) is 14.1. The van der Waals surface area contributed by atoms with Crippen molar-refractivity contribution >= 4 is 16.7 Å². The Kier molecular flexibility index (Phi) is 3.04. The van der Waals surface area contributed by atoms with E-state index in [9.17, 15) is 0 Å². The molecule has 4 aliphatic rings. The fourth-order valence-corrected chi connectivity index (χ4v) is 5.97. The molecular formula is C21H27N7. The molecule has 3 aliphatic carbocycles. The van der Waals surface area contributed by atoms with Gasteiger partial charge in [0.05, 0.1) is 23.0 Å². The monoisotopic (exact) mass is 377 g/mol. The third-order valence-electron chi connectivity index (χ3n) is 7.20. The van der Waals surface area contributed by atoms with Gasteiger partial charge in [0.2, 0.25) is 0 Å². The first-order valence-electron chi connectivity index (χ1n) is 10.2. The van der Waals surface area contributed by atoms with Crippen molar-refractivity contribution in [2.24, 2.45) is 18.2 Å². The lowest BCUT2D eigenvalue weighted by atomic mass is 9.40. The summed E-state index contributed by atoms with van der Waals surface area (Å²) in [5, 5.41) is 10.6. The predicted octanol–water partition coefficient (Wildman–Crippen LogP) is 2.23. The van der Waals surface area contributed by atoms with Crippen molar-refractivity contribution in [1.82, 2.24) is 24.5 Å². The average Bonchev–Trinajstić information content (AvgIpc) is 3.13. The Morgan fingerprint density at radius 1 is 1.21 bits per heavy atom. The molecule has 2 bridgehead atoms. The molecule has 0 saturated heterocycles. The third kappa shape index (κ3) is 2.16. The van der Waals surface area contributed by atoms with Crippen LogP contribution >= 0.6 is 0 Å². The van der Waals surface area contributed by atoms with E-state index >= 15 is 0 Å². The molecule has 3 fully saturated rings. The second-order valence-corrected chi connectivity index (χ2v) is 9.52. The average molecular weight is 377 g/mol. The smallest absolute Gasteiger partial charge is 0.159 e. The van der Waals surface area contributed by atoms with E-state index in [4.69, 9.17) is 10.8 Å². The molecule has 7 nitrogen and oxygen atoms in total. The molecule has 1 aliphatic heterocycles. The zero-order valence-corrected chi connectivity index (χ0v) is 16.9. The fourth-order valence-electron chi connectivity index (χ4n) is 5.97. The zero-order valence-electron chi connectivity index (χ0n) is 16.9. The minimum atomic E-state index is 0.159. The molecule has 146 valence electrons. The highest BCUT2D eigenvalue weighted by atomic mass is 15.3. The molecule has 0 aromatic carbocycles. The number of fused-ring (bicyclic) bond motifs is 2. The highest BCUT2D eigenvalue weighted by Crippen LogP contribution is 2.66. The second kappa shape index (κ2) is 5.14. The largest absolute Gasteiger partial charge is 0.366 e. The first kappa shape index (κ1) is 16.5. The summed E-state index contributed by atoms with van der Waals surface area (Å²) in [6, 6.07) is 2.19. The minimum absolute atomic E-state index is 0.159. The summed E-state index contributed by atoms with van der Waals surface area (Å²) >= 11 is 0. The Hall–Kier alpha value is -2.41. The first-order chi connectivity index (χ1) is 13.3. The SMILES string of the molecule is Cc1cc(N2CCc3nn(CC45CC(N)(C4)C5)c(C)c3C2)c2cnn(C)c2n1. The number of anilines is 1. The molecule has 7 heteroatoms. The molecule has 0 atom stereocenters. The van der Waals surface area contributed by atoms with Crippen LogP contribution in [0.5, 0.6) is 0 Å². The lowest BCUT2D eigenvalue weighted by molar-refractivity contribution is -0.143. The van der Waals surface area contributed by atoms with Gasteiger partial charge in [-0.3, -0.25) is 9.36 Å². The van der Waals surface area contributed by atoms with Gasteiger partial charge in [0.25, 0.3) is 0 Å². The zero-order chi connectivity index (χ0) is 19.3. The van der Waals surface area contributed by atoms with Gasteiger partial charge in [0.15, 0.2) is 5.65 Å². The van der Waals surface area contributed by atoms with Crippen molar-refractivity contribution in [1.29, 1.82) is 0 Å². The van der Waals surface area contributed by atoms with E-state index < -0.39 is 0 Å². The third-order valence-corrected chi connectivity index (χ3v) is 7.20. The highest BCUT2D eigenvalue weighted by molar-refractivity contribution is 5.89. The van der Waals surface area contributed by atoms with Gasteiger partial charge in [-0.2, -0.15) is 10.2 Å². The van der Waals surface area contributed by atoms with E-state index in [1.807, 2.05) is 17.9 Å². The van der Waals surface area contributed by atoms with E-state index in [2.05, 4.69) is 39.6 Å². The van der Waals surface area contributed by atoms with Crippen LogP contribution in [0.4, 0.5) is 5.69 Å². The molecule has 2 N–H and O–H groups in total. The second-order valence-electron chi connectivity index (χ2n) is 9.52. The normalized spacial score (nSPS) is 28.2. The summed E-state index contributed by atoms with van der Waals surface area (Å²) < 4.78 is 4.13. The van der Waals surface area contributed by atoms with Gasteiger partial charge in [-0.05, 0) is 44.6 Å². The minimum Gasteiger partial charge on any atom is -0.366 e. The van der Waals surface area contributed by atoms with Crippen molar-refractivity contribution in [2.75, 3.05) is 11.4 Å². The summed E-state index contributed by atoms with van der Waals surface area (Å²) in [6.07, 6.45) is 6.44. The topological polar surface area (TPSA) is 77.8 Å². The van der Waals surface area contributed by atoms with Crippen LogP contribution in [0, 0.1) is 19.3 Å². The predicted molar refractivity (Wildman–Crippen MR) is 108 cm³/mol. The molecule has 3 saturated carbocycles. The highest BCUT2D eigenvalue weighted by Gasteiger charge is 2.65. The van der Waals surface area contributed by atoms with E-state index in [1.54, 1.807) is 0 Å². The number of nitrogens with zero attached hydrogens (tertiary/aromatic N) is 6. The van der Waals surface area contributed by atoms with Crippen LogP contribution < -0.4 is 10.6 Å². The van der Waals surface area contributed by atoms with Crippen LogP contribution in [0.25, 0.3) is 11.0 Å². The lowest BCUT2D eigenvalue weighted by Gasteiger charge is -2.69. The van der Waals surface area contributed by atoms with Gasteiger partial charge in [-0.25, -0.2) is 4.98 Å². The molecule has 0 amide bonds. The van der Waals surface area contributed by atoms with Gasteiger partial charge in [-0.1, -0.05) is 0 Å². The van der Waals surface area contributed by atoms with Crippen LogP contribution in [0.15, 0.2) is 12.3 Å². The van der Waals surface area contributed by atoms with Gasteiger partial charge in [0, 0.05) is 55.6 Å². The summed E-state index contributed by atoms with van der Waals surface area (Å²) in [7, 11) is 1.96. The Bertz CT molecular complexity index is 1100. The number of aromatic nitrogens is 5. The number of hydrogen-bond donors (Lipinski definition) is 1. The molecular weight excluding hydrogens is 350 g/mol. The number of pyridine rings is 1. The summed E-state index contributed by atoms with van der Waals surface area (Å²) in [4.78, 5) is 7.14. The van der Waals surface area contributed by atoms with E-state index in [0.29, 0.717) is 5.41 Å². The maximum atomic E-state index is 6.26. The number of hydrogen-bond acceptors (Lipinski definition) is 5. The maximum absolute atomic E-state index is 6.26. The quantitative estimate of drug-likeness (QED) is 0.757. The Morgan fingerprint density at radius 3 is 2.75 bits per heavy atom. The lowest BCUT2D eigenvalue weighted by Crippen LogP contribution is -2.73. The van der Waals surface area contributed by atoms with Crippen LogP contribution in [-0.4, -0.2) is 36.6 Å². The molecule has 28 heavy (non-hydrogen) atoms. The van der Waals surface area contributed by atoms with Crippen molar-refractivity contribution in [3.05, 3.63) is 34.9 Å². The van der Waals surface area contributed by atoms with Crippen LogP contribution in [0.3, 0.4) is 0 Å². The molecule has 4 heterocycles. The van der Waals surface area contributed by atoms with Crippen molar-refractivity contribution in [3.8, 4) is 0 Å². The van der Waals surface area contributed by atoms with Gasteiger partial charge in [0.1, 0.15) is 0 Å². The fraction of sp³-hybridized carbons (Fsp3) is 0.571. The Balaban J connectivity index is 1.32. The molecule has 7 rings (SSSR count). The van der Waals surface area contributed by atoms with Crippen molar-refractivity contribution < 1.29 is 0 Å². The molecule has 0 spiro atoms. The van der Waals surface area contributed by atoms with Gasteiger partial charge >= 0.3 is 0 Å². The summed E-state index contributed by atoms with van der Waals surface area (Å²) in [5.74, 6) is 0. The standard InChI is InChI=1S/C21H27N7/c1-13-6-18(15-7-23-26(3)19(15)24-13)27-5-4-17-16(8-27)14(2)28(25-17)12-20-9-21(22,10-20)11-20/h6-7H,4-5,8-12,22H2,1-3H3. The number of aryl methyl sites for hydroxylation is 2.